The Hall–Kier alpha value is -3.22. The van der Waals surface area contributed by atoms with Gasteiger partial charge in [-0.25, -0.2) is 8.78 Å². The number of aliphatic hydroxyl groups excluding tert-OH is 1. The summed E-state index contributed by atoms with van der Waals surface area (Å²) >= 11 is 0. The molecule has 7 nitrogen and oxygen atoms in total. The molecule has 3 atom stereocenters. The summed E-state index contributed by atoms with van der Waals surface area (Å²) in [6.45, 7) is 1.62. The van der Waals surface area contributed by atoms with Crippen molar-refractivity contribution in [1.82, 2.24) is 5.32 Å². The first-order valence-corrected chi connectivity index (χ1v) is 10.7. The number of benzene rings is 2. The summed E-state index contributed by atoms with van der Waals surface area (Å²) in [6, 6.07) is 8.73. The average Bonchev–Trinajstić information content (AvgIpc) is 3.20. The Kier molecular flexibility index (Phi) is 8.20. The van der Waals surface area contributed by atoms with Gasteiger partial charge in [-0.05, 0) is 38.3 Å². The van der Waals surface area contributed by atoms with E-state index < -0.39 is 41.4 Å². The van der Waals surface area contributed by atoms with Gasteiger partial charge in [-0.1, -0.05) is 6.07 Å². The molecule has 2 N–H and O–H groups in total. The number of nitrogens with one attached hydrogen (secondary N) is 1. The first-order valence-electron chi connectivity index (χ1n) is 10.7. The Balaban J connectivity index is 1.80. The highest BCUT2D eigenvalue weighted by atomic mass is 19.1. The van der Waals surface area contributed by atoms with Crippen molar-refractivity contribution < 1.29 is 32.9 Å². The predicted molar refractivity (Wildman–Crippen MR) is 115 cm³/mol. The molecule has 1 fully saturated rings. The van der Waals surface area contributed by atoms with Crippen LogP contribution in [0.15, 0.2) is 30.3 Å². The third kappa shape index (κ3) is 5.78. The smallest absolute Gasteiger partial charge is 0.254 e. The number of nitriles is 1. The Morgan fingerprint density at radius 1 is 1.27 bits per heavy atom. The molecule has 2 aromatic rings. The highest BCUT2D eigenvalue weighted by Crippen LogP contribution is 2.30. The summed E-state index contributed by atoms with van der Waals surface area (Å²) in [5.74, 6) is -2.32. The molecule has 1 saturated carbocycles. The molecule has 0 spiro atoms. The van der Waals surface area contributed by atoms with Gasteiger partial charge in [-0.15, -0.1) is 0 Å². The maximum absolute atomic E-state index is 14.6. The molecule has 3 rings (SSSR count). The number of carbonyl (C=O) groups is 1. The van der Waals surface area contributed by atoms with Crippen molar-refractivity contribution in [2.75, 3.05) is 13.7 Å². The Morgan fingerprint density at radius 2 is 2.00 bits per heavy atom. The molecular formula is C24H26F2N2O5. The first kappa shape index (κ1) is 24.4. The summed E-state index contributed by atoms with van der Waals surface area (Å²) in [6.07, 6.45) is -0.408. The zero-order chi connectivity index (χ0) is 24.0. The van der Waals surface area contributed by atoms with E-state index in [0.29, 0.717) is 29.7 Å². The van der Waals surface area contributed by atoms with Gasteiger partial charge < -0.3 is 24.6 Å². The van der Waals surface area contributed by atoms with Crippen LogP contribution in [0.5, 0.6) is 11.5 Å². The number of aliphatic hydroxyl groups is 1. The molecule has 1 aliphatic rings. The molecule has 0 radical (unpaired) electrons. The summed E-state index contributed by atoms with van der Waals surface area (Å²) in [5, 5.41) is 21.9. The molecule has 0 bridgehead atoms. The van der Waals surface area contributed by atoms with Crippen LogP contribution in [0.25, 0.3) is 0 Å². The molecule has 0 saturated heterocycles. The number of hydrogen-bond donors (Lipinski definition) is 2. The van der Waals surface area contributed by atoms with Crippen LogP contribution < -0.4 is 14.8 Å². The molecule has 0 heterocycles. The van der Waals surface area contributed by atoms with Crippen LogP contribution in [-0.4, -0.2) is 36.9 Å². The molecule has 9 heteroatoms. The Morgan fingerprint density at radius 3 is 2.58 bits per heavy atom. The van der Waals surface area contributed by atoms with Crippen LogP contribution in [0, 0.1) is 23.0 Å². The molecule has 2 aromatic carbocycles. The first-order chi connectivity index (χ1) is 15.9. The number of halogens is 2. The molecule has 1 aliphatic carbocycles. The molecule has 0 unspecified atom stereocenters. The second kappa shape index (κ2) is 11.1. The van der Waals surface area contributed by atoms with Crippen LogP contribution in [0.1, 0.15) is 49.0 Å². The minimum absolute atomic E-state index is 0.0159. The van der Waals surface area contributed by atoms with Crippen molar-refractivity contribution in [1.29, 1.82) is 5.26 Å². The van der Waals surface area contributed by atoms with Gasteiger partial charge in [0.1, 0.15) is 29.2 Å². The molecular weight excluding hydrogens is 434 g/mol. The topological polar surface area (TPSA) is 101 Å². The van der Waals surface area contributed by atoms with E-state index in [9.17, 15) is 23.9 Å². The molecule has 33 heavy (non-hydrogen) atoms. The molecule has 0 aliphatic heterocycles. The molecule has 0 aromatic heterocycles. The zero-order valence-corrected chi connectivity index (χ0v) is 18.4. The second-order valence-corrected chi connectivity index (χ2v) is 7.65. The van der Waals surface area contributed by atoms with Gasteiger partial charge in [-0.2, -0.15) is 5.26 Å². The van der Waals surface area contributed by atoms with Crippen molar-refractivity contribution in [3.05, 3.63) is 58.7 Å². The highest BCUT2D eigenvalue weighted by Gasteiger charge is 2.30. The minimum atomic E-state index is -1.51. The van der Waals surface area contributed by atoms with Gasteiger partial charge in [0, 0.05) is 30.8 Å². The van der Waals surface area contributed by atoms with Crippen molar-refractivity contribution >= 4 is 5.91 Å². The largest absolute Gasteiger partial charge is 0.497 e. The van der Waals surface area contributed by atoms with Crippen molar-refractivity contribution in [2.45, 2.75) is 51.0 Å². The lowest BCUT2D eigenvalue weighted by Crippen LogP contribution is -2.32. The third-order valence-corrected chi connectivity index (χ3v) is 5.47. The van der Waals surface area contributed by atoms with E-state index in [1.54, 1.807) is 19.1 Å². The second-order valence-electron chi connectivity index (χ2n) is 7.65. The van der Waals surface area contributed by atoms with Gasteiger partial charge in [0.15, 0.2) is 6.10 Å². The number of amides is 1. The van der Waals surface area contributed by atoms with E-state index >= 15 is 0 Å². The van der Waals surface area contributed by atoms with E-state index in [4.69, 9.17) is 14.2 Å². The van der Waals surface area contributed by atoms with E-state index in [0.717, 1.165) is 18.6 Å². The maximum Gasteiger partial charge on any atom is 0.254 e. The number of ether oxygens (including phenoxy) is 3. The number of carbonyl (C=O) groups excluding carboxylic acids is 1. The Bertz CT molecular complexity index is 1020. The summed E-state index contributed by atoms with van der Waals surface area (Å²) in [5.41, 5.74) is 0.398. The van der Waals surface area contributed by atoms with Crippen molar-refractivity contribution in [3.63, 3.8) is 0 Å². The monoisotopic (exact) mass is 460 g/mol. The maximum atomic E-state index is 14.6. The summed E-state index contributed by atoms with van der Waals surface area (Å²) in [7, 11) is 1.28. The van der Waals surface area contributed by atoms with Crippen LogP contribution in [0.4, 0.5) is 8.78 Å². The summed E-state index contributed by atoms with van der Waals surface area (Å²) in [4.78, 5) is 12.9. The molecule has 1 amide bonds. The SMILES string of the molecule is CCO[C@@H](C(=O)NCc1ccc(C#N)cc1O[C@@H]1CCC[C@H]1O)c1c(F)cc(OC)cc1F. The summed E-state index contributed by atoms with van der Waals surface area (Å²) < 4.78 is 45.3. The van der Waals surface area contributed by atoms with E-state index in [-0.39, 0.29) is 18.9 Å². The standard InChI is InChI=1S/C24H26F2N2O5/c1-3-32-23(22-17(25)10-16(31-2)11-18(22)26)24(30)28-13-15-8-7-14(12-27)9-21(15)33-20-6-4-5-19(20)29/h7-11,19-20,23,29H,3-6,13H2,1-2H3,(H,28,30)/t19-,20-,23-/m1/s1. The molecule has 176 valence electrons. The highest BCUT2D eigenvalue weighted by molar-refractivity contribution is 5.82. The van der Waals surface area contributed by atoms with Crippen LogP contribution in [0.2, 0.25) is 0 Å². The zero-order valence-electron chi connectivity index (χ0n) is 18.4. The third-order valence-electron chi connectivity index (χ3n) is 5.47. The average molecular weight is 460 g/mol. The van der Waals surface area contributed by atoms with E-state index in [1.165, 1.54) is 13.2 Å². The van der Waals surface area contributed by atoms with Gasteiger partial charge in [0.05, 0.1) is 30.4 Å². The van der Waals surface area contributed by atoms with E-state index in [1.807, 2.05) is 6.07 Å². The number of nitrogens with zero attached hydrogens (tertiary/aromatic N) is 1. The van der Waals surface area contributed by atoms with Gasteiger partial charge >= 0.3 is 0 Å². The normalized spacial score (nSPS) is 18.4. The van der Waals surface area contributed by atoms with Crippen LogP contribution in [0.3, 0.4) is 0 Å². The van der Waals surface area contributed by atoms with Gasteiger partial charge in [-0.3, -0.25) is 4.79 Å². The lowest BCUT2D eigenvalue weighted by molar-refractivity contribution is -0.133. The fourth-order valence-electron chi connectivity index (χ4n) is 3.75. The van der Waals surface area contributed by atoms with E-state index in [2.05, 4.69) is 5.32 Å². The number of hydrogen-bond acceptors (Lipinski definition) is 6. The quantitative estimate of drug-likeness (QED) is 0.594. The number of rotatable bonds is 9. The predicted octanol–water partition coefficient (Wildman–Crippen LogP) is 3.53. The van der Waals surface area contributed by atoms with Crippen molar-refractivity contribution in [3.8, 4) is 17.6 Å². The minimum Gasteiger partial charge on any atom is -0.497 e. The van der Waals surface area contributed by atoms with Gasteiger partial charge in [0.25, 0.3) is 5.91 Å². The Labute approximate surface area is 190 Å². The lowest BCUT2D eigenvalue weighted by atomic mass is 10.1. The fraction of sp³-hybridized carbons (Fsp3) is 0.417. The van der Waals surface area contributed by atoms with Gasteiger partial charge in [0.2, 0.25) is 0 Å². The fourth-order valence-corrected chi connectivity index (χ4v) is 3.75. The lowest BCUT2D eigenvalue weighted by Gasteiger charge is -2.21. The van der Waals surface area contributed by atoms with Crippen molar-refractivity contribution in [2.24, 2.45) is 0 Å². The van der Waals surface area contributed by atoms with Crippen LogP contribution in [-0.2, 0) is 16.1 Å². The van der Waals surface area contributed by atoms with Crippen LogP contribution >= 0.6 is 0 Å². The number of methoxy groups -OCH3 is 1.